The normalized spacial score (nSPS) is 11.8. The third-order valence-electron chi connectivity index (χ3n) is 1.54. The second-order valence-corrected chi connectivity index (χ2v) is 3.28. The Morgan fingerprint density at radius 2 is 1.93 bits per heavy atom. The van der Waals surface area contributed by atoms with Gasteiger partial charge in [-0.05, 0) is 38.1 Å². The highest BCUT2D eigenvalue weighted by molar-refractivity contribution is 5.92. The molecule has 0 heterocycles. The van der Waals surface area contributed by atoms with Crippen LogP contribution in [0.15, 0.2) is 29.3 Å². The van der Waals surface area contributed by atoms with Gasteiger partial charge >= 0.3 is 0 Å². The molecule has 0 aliphatic carbocycles. The summed E-state index contributed by atoms with van der Waals surface area (Å²) < 4.78 is 0. The van der Waals surface area contributed by atoms with Crippen molar-refractivity contribution in [3.63, 3.8) is 0 Å². The van der Waals surface area contributed by atoms with Gasteiger partial charge in [-0.15, -0.1) is 0 Å². The standard InChI is InChI=1S/C10H15N3O/c1-7(2)12-10(11)13-8-3-5-9(14)6-4-8/h3-7,14H,1-2H3,(H3,11,12,13). The maximum absolute atomic E-state index is 9.05. The molecule has 0 amide bonds. The molecule has 0 bridgehead atoms. The molecule has 0 aromatic heterocycles. The van der Waals surface area contributed by atoms with E-state index < -0.39 is 0 Å². The van der Waals surface area contributed by atoms with Gasteiger partial charge in [-0.1, -0.05) is 0 Å². The number of benzene rings is 1. The Morgan fingerprint density at radius 3 is 2.43 bits per heavy atom. The van der Waals surface area contributed by atoms with Gasteiger partial charge < -0.3 is 16.2 Å². The Hall–Kier alpha value is -1.71. The fourth-order valence-corrected chi connectivity index (χ4v) is 1.00. The van der Waals surface area contributed by atoms with Crippen LogP contribution in [0.5, 0.6) is 5.75 Å². The number of anilines is 1. The molecular formula is C10H15N3O. The summed E-state index contributed by atoms with van der Waals surface area (Å²) in [6, 6.07) is 6.81. The molecule has 1 aromatic rings. The number of nitrogens with two attached hydrogens (primary N) is 1. The first-order valence-corrected chi connectivity index (χ1v) is 4.47. The Balaban J connectivity index is 2.65. The van der Waals surface area contributed by atoms with Crippen molar-refractivity contribution in [2.24, 2.45) is 10.7 Å². The van der Waals surface area contributed by atoms with Gasteiger partial charge in [0.05, 0.1) is 0 Å². The highest BCUT2D eigenvalue weighted by Gasteiger charge is 1.96. The van der Waals surface area contributed by atoms with E-state index in [-0.39, 0.29) is 11.8 Å². The minimum Gasteiger partial charge on any atom is -0.508 e. The van der Waals surface area contributed by atoms with E-state index in [1.54, 1.807) is 24.3 Å². The van der Waals surface area contributed by atoms with Crippen LogP contribution in [0.4, 0.5) is 5.69 Å². The average Bonchev–Trinajstić information content (AvgIpc) is 2.07. The Morgan fingerprint density at radius 1 is 1.36 bits per heavy atom. The molecule has 4 N–H and O–H groups in total. The summed E-state index contributed by atoms with van der Waals surface area (Å²) in [6.45, 7) is 3.90. The van der Waals surface area contributed by atoms with Crippen molar-refractivity contribution in [1.29, 1.82) is 0 Å². The molecule has 76 valence electrons. The highest BCUT2D eigenvalue weighted by Crippen LogP contribution is 2.13. The van der Waals surface area contributed by atoms with Crippen molar-refractivity contribution in [1.82, 2.24) is 0 Å². The Kier molecular flexibility index (Phi) is 3.34. The number of aliphatic imine (C=N–C) groups is 1. The first-order valence-electron chi connectivity index (χ1n) is 4.47. The van der Waals surface area contributed by atoms with Gasteiger partial charge in [0.2, 0.25) is 0 Å². The van der Waals surface area contributed by atoms with Gasteiger partial charge in [-0.2, -0.15) is 0 Å². The van der Waals surface area contributed by atoms with Gasteiger partial charge in [0, 0.05) is 11.7 Å². The number of nitrogens with one attached hydrogen (secondary N) is 1. The zero-order chi connectivity index (χ0) is 10.6. The van der Waals surface area contributed by atoms with Gasteiger partial charge in [-0.25, -0.2) is 0 Å². The Labute approximate surface area is 83.5 Å². The first-order chi connectivity index (χ1) is 6.58. The summed E-state index contributed by atoms with van der Waals surface area (Å²) in [5, 5.41) is 12.0. The van der Waals surface area contributed by atoms with Crippen molar-refractivity contribution in [2.75, 3.05) is 5.32 Å². The lowest BCUT2D eigenvalue weighted by Gasteiger charge is -2.06. The van der Waals surface area contributed by atoms with Crippen LogP contribution in [-0.4, -0.2) is 17.1 Å². The molecule has 4 nitrogen and oxygen atoms in total. The predicted octanol–water partition coefficient (Wildman–Crippen LogP) is 1.53. The van der Waals surface area contributed by atoms with E-state index in [4.69, 9.17) is 10.8 Å². The number of guanidine groups is 1. The lowest BCUT2D eigenvalue weighted by molar-refractivity contribution is 0.475. The van der Waals surface area contributed by atoms with E-state index in [0.717, 1.165) is 5.69 Å². The summed E-state index contributed by atoms with van der Waals surface area (Å²) in [4.78, 5) is 4.12. The minimum absolute atomic E-state index is 0.166. The van der Waals surface area contributed by atoms with Crippen molar-refractivity contribution < 1.29 is 5.11 Å². The fraction of sp³-hybridized carbons (Fsp3) is 0.300. The Bertz CT molecular complexity index is 317. The van der Waals surface area contributed by atoms with Crippen molar-refractivity contribution in [3.8, 4) is 5.75 Å². The molecule has 0 aliphatic heterocycles. The zero-order valence-corrected chi connectivity index (χ0v) is 8.36. The van der Waals surface area contributed by atoms with E-state index in [2.05, 4.69) is 10.3 Å². The van der Waals surface area contributed by atoms with E-state index in [9.17, 15) is 0 Å². The number of phenolic OH excluding ortho intramolecular Hbond substituents is 1. The van der Waals surface area contributed by atoms with Crippen LogP contribution in [0.3, 0.4) is 0 Å². The number of hydrogen-bond donors (Lipinski definition) is 3. The van der Waals surface area contributed by atoms with Crippen LogP contribution in [0.25, 0.3) is 0 Å². The van der Waals surface area contributed by atoms with E-state index in [1.165, 1.54) is 0 Å². The topological polar surface area (TPSA) is 70.6 Å². The molecule has 0 spiro atoms. The van der Waals surface area contributed by atoms with Crippen LogP contribution in [0.1, 0.15) is 13.8 Å². The van der Waals surface area contributed by atoms with Crippen LogP contribution < -0.4 is 11.1 Å². The third kappa shape index (κ3) is 3.35. The van der Waals surface area contributed by atoms with Gasteiger partial charge in [0.1, 0.15) is 5.75 Å². The second kappa shape index (κ2) is 4.50. The number of aromatic hydroxyl groups is 1. The summed E-state index contributed by atoms with van der Waals surface area (Å²) in [5.41, 5.74) is 6.43. The molecule has 1 aromatic carbocycles. The molecule has 0 radical (unpaired) electrons. The van der Waals surface area contributed by atoms with Crippen LogP contribution in [0.2, 0.25) is 0 Å². The number of hydrogen-bond acceptors (Lipinski definition) is 2. The molecule has 14 heavy (non-hydrogen) atoms. The van der Waals surface area contributed by atoms with Crippen LogP contribution in [-0.2, 0) is 0 Å². The molecule has 0 atom stereocenters. The van der Waals surface area contributed by atoms with Crippen LogP contribution >= 0.6 is 0 Å². The minimum atomic E-state index is 0.166. The molecule has 0 unspecified atom stereocenters. The smallest absolute Gasteiger partial charge is 0.193 e. The highest BCUT2D eigenvalue weighted by atomic mass is 16.3. The number of phenols is 1. The molecule has 0 fully saturated rings. The average molecular weight is 193 g/mol. The van der Waals surface area contributed by atoms with Crippen molar-refractivity contribution in [2.45, 2.75) is 19.9 Å². The van der Waals surface area contributed by atoms with E-state index >= 15 is 0 Å². The molecule has 4 heteroatoms. The fourth-order valence-electron chi connectivity index (χ4n) is 1.00. The third-order valence-corrected chi connectivity index (χ3v) is 1.54. The summed E-state index contributed by atoms with van der Waals surface area (Å²) in [5.74, 6) is 0.612. The zero-order valence-electron chi connectivity index (χ0n) is 8.36. The van der Waals surface area contributed by atoms with Gasteiger partial charge in [-0.3, -0.25) is 4.99 Å². The quantitative estimate of drug-likeness (QED) is 0.379. The molecule has 0 saturated heterocycles. The van der Waals surface area contributed by atoms with E-state index in [0.29, 0.717) is 5.96 Å². The summed E-state index contributed by atoms with van der Waals surface area (Å²) in [7, 11) is 0. The second-order valence-electron chi connectivity index (χ2n) is 3.28. The first kappa shape index (κ1) is 10.4. The summed E-state index contributed by atoms with van der Waals surface area (Å²) >= 11 is 0. The molecular weight excluding hydrogens is 178 g/mol. The monoisotopic (exact) mass is 193 g/mol. The molecule has 0 saturated carbocycles. The van der Waals surface area contributed by atoms with Crippen molar-refractivity contribution in [3.05, 3.63) is 24.3 Å². The maximum atomic E-state index is 9.05. The maximum Gasteiger partial charge on any atom is 0.193 e. The lowest BCUT2D eigenvalue weighted by Crippen LogP contribution is -2.23. The number of nitrogens with zero attached hydrogens (tertiary/aromatic N) is 1. The lowest BCUT2D eigenvalue weighted by atomic mass is 10.3. The predicted molar refractivity (Wildman–Crippen MR) is 58.5 cm³/mol. The largest absolute Gasteiger partial charge is 0.508 e. The SMILES string of the molecule is CC(C)N=C(N)Nc1ccc(O)cc1. The van der Waals surface area contributed by atoms with Crippen molar-refractivity contribution >= 4 is 11.6 Å². The number of rotatable bonds is 2. The van der Waals surface area contributed by atoms with E-state index in [1.807, 2.05) is 13.8 Å². The van der Waals surface area contributed by atoms with Gasteiger partial charge in [0.15, 0.2) is 5.96 Å². The van der Waals surface area contributed by atoms with Gasteiger partial charge in [0.25, 0.3) is 0 Å². The van der Waals surface area contributed by atoms with Crippen LogP contribution in [0, 0.1) is 0 Å². The molecule has 1 rings (SSSR count). The molecule has 0 aliphatic rings. The summed E-state index contributed by atoms with van der Waals surface area (Å²) in [6.07, 6.45) is 0.